The monoisotopic (exact) mass is 448 g/mol. The molecule has 3 heterocycles. The number of hydrogen-bond acceptors (Lipinski definition) is 3. The van der Waals surface area contributed by atoms with E-state index in [1.54, 1.807) is 0 Å². The molecule has 3 saturated heterocycles. The van der Waals surface area contributed by atoms with Crippen LogP contribution in [0.25, 0.3) is 0 Å². The number of rotatable bonds is 4. The summed E-state index contributed by atoms with van der Waals surface area (Å²) in [6.07, 6.45) is 0.751. The standard InChI is InChI=1S/C25H31F3N2O2/c1-16-2-5-18-11-20-24-7-6-22(15-32-24,29-21(31)12-25(26,27)28)14-23(24,19(18)10-16)8-9-30(20)13-17-3-4-17/h2,5,10,17,20H,3-4,6-9,11-15H2,1H3,(H,29,31)/t20-,22?,23-,24-/m1/s1. The van der Waals surface area contributed by atoms with Gasteiger partial charge in [0.15, 0.2) is 0 Å². The van der Waals surface area contributed by atoms with Crippen LogP contribution in [-0.4, -0.2) is 53.9 Å². The Bertz CT molecular complexity index is 949. The van der Waals surface area contributed by atoms with Crippen LogP contribution in [-0.2, 0) is 21.4 Å². The Balaban J connectivity index is 1.39. The molecule has 174 valence electrons. The fourth-order valence-corrected chi connectivity index (χ4v) is 7.54. The quantitative estimate of drug-likeness (QED) is 0.756. The van der Waals surface area contributed by atoms with Gasteiger partial charge in [-0.1, -0.05) is 23.8 Å². The molecule has 4 atom stereocenters. The highest BCUT2D eigenvalue weighted by Gasteiger charge is 2.71. The molecule has 1 amide bonds. The molecule has 1 spiro atoms. The van der Waals surface area contributed by atoms with Crippen LogP contribution in [0.1, 0.15) is 61.6 Å². The van der Waals surface area contributed by atoms with E-state index in [0.717, 1.165) is 38.3 Å². The third kappa shape index (κ3) is 3.07. The van der Waals surface area contributed by atoms with Gasteiger partial charge in [0.25, 0.3) is 0 Å². The van der Waals surface area contributed by atoms with E-state index in [4.69, 9.17) is 4.74 Å². The lowest BCUT2D eigenvalue weighted by molar-refractivity contribution is -0.263. The van der Waals surface area contributed by atoms with E-state index in [-0.39, 0.29) is 11.0 Å². The Labute approximate surface area is 186 Å². The Morgan fingerprint density at radius 1 is 1.25 bits per heavy atom. The van der Waals surface area contributed by atoms with Crippen molar-refractivity contribution in [3.05, 3.63) is 34.9 Å². The van der Waals surface area contributed by atoms with Gasteiger partial charge in [-0.2, -0.15) is 13.2 Å². The van der Waals surface area contributed by atoms with Crippen LogP contribution in [0.15, 0.2) is 18.2 Å². The summed E-state index contributed by atoms with van der Waals surface area (Å²) in [6.45, 7) is 4.53. The van der Waals surface area contributed by atoms with Crippen molar-refractivity contribution >= 4 is 5.91 Å². The zero-order valence-corrected chi connectivity index (χ0v) is 18.6. The molecule has 1 N–H and O–H groups in total. The molecule has 6 aliphatic rings. The van der Waals surface area contributed by atoms with Crippen molar-refractivity contribution in [2.45, 2.75) is 87.1 Å². The van der Waals surface area contributed by atoms with E-state index in [2.05, 4.69) is 35.3 Å². The first-order valence-corrected chi connectivity index (χ1v) is 12.0. The summed E-state index contributed by atoms with van der Waals surface area (Å²) in [4.78, 5) is 15.0. The number of hydrogen-bond donors (Lipinski definition) is 1. The highest BCUT2D eigenvalue weighted by atomic mass is 19.4. The molecular weight excluding hydrogens is 417 g/mol. The van der Waals surface area contributed by atoms with Gasteiger partial charge in [-0.3, -0.25) is 9.69 Å². The maximum atomic E-state index is 12.9. The predicted octanol–water partition coefficient (Wildman–Crippen LogP) is 4.03. The molecule has 1 unspecified atom stereocenters. The van der Waals surface area contributed by atoms with Gasteiger partial charge in [0.1, 0.15) is 6.42 Å². The molecule has 1 aromatic rings. The van der Waals surface area contributed by atoms with Crippen LogP contribution in [0.2, 0.25) is 0 Å². The molecule has 3 aliphatic heterocycles. The van der Waals surface area contributed by atoms with Crippen molar-refractivity contribution in [1.29, 1.82) is 0 Å². The zero-order valence-electron chi connectivity index (χ0n) is 18.6. The van der Waals surface area contributed by atoms with Crippen molar-refractivity contribution in [3.8, 4) is 0 Å². The molecule has 32 heavy (non-hydrogen) atoms. The molecule has 0 aromatic heterocycles. The summed E-state index contributed by atoms with van der Waals surface area (Å²) in [5, 5.41) is 2.81. The van der Waals surface area contributed by atoms with Gasteiger partial charge in [-0.15, -0.1) is 0 Å². The van der Waals surface area contributed by atoms with Crippen molar-refractivity contribution in [2.24, 2.45) is 5.92 Å². The van der Waals surface area contributed by atoms with Crippen LogP contribution in [0.3, 0.4) is 0 Å². The number of halogens is 3. The number of aryl methyl sites for hydroxylation is 1. The third-order valence-corrected chi connectivity index (χ3v) is 8.99. The number of piperidine rings is 1. The van der Waals surface area contributed by atoms with Crippen molar-refractivity contribution in [3.63, 3.8) is 0 Å². The number of nitrogens with one attached hydrogen (secondary N) is 1. The summed E-state index contributed by atoms with van der Waals surface area (Å²) < 4.78 is 45.3. The number of fused-ring (bicyclic) bond motifs is 3. The van der Waals surface area contributed by atoms with E-state index < -0.39 is 24.0 Å². The van der Waals surface area contributed by atoms with Gasteiger partial charge in [-0.05, 0) is 75.5 Å². The van der Waals surface area contributed by atoms with Crippen molar-refractivity contribution < 1.29 is 22.7 Å². The first kappa shape index (κ1) is 21.0. The molecule has 0 radical (unpaired) electrons. The summed E-state index contributed by atoms with van der Waals surface area (Å²) >= 11 is 0. The minimum absolute atomic E-state index is 0.251. The number of benzene rings is 1. The van der Waals surface area contributed by atoms with Crippen molar-refractivity contribution in [2.75, 3.05) is 19.7 Å². The van der Waals surface area contributed by atoms with Gasteiger partial charge >= 0.3 is 6.18 Å². The molecule has 3 aliphatic carbocycles. The normalized spacial score (nSPS) is 38.2. The van der Waals surface area contributed by atoms with Gasteiger partial charge < -0.3 is 10.1 Å². The number of carbonyl (C=O) groups is 1. The number of likely N-dealkylation sites (tertiary alicyclic amines) is 1. The molecule has 7 rings (SSSR count). The first-order chi connectivity index (χ1) is 15.1. The topological polar surface area (TPSA) is 41.6 Å². The van der Waals surface area contributed by atoms with Crippen LogP contribution in [0.5, 0.6) is 0 Å². The summed E-state index contributed by atoms with van der Waals surface area (Å²) in [7, 11) is 0. The lowest BCUT2D eigenvalue weighted by Gasteiger charge is -2.71. The van der Waals surface area contributed by atoms with E-state index >= 15 is 0 Å². The van der Waals surface area contributed by atoms with Gasteiger partial charge in [-0.25, -0.2) is 0 Å². The maximum absolute atomic E-state index is 12.9. The van der Waals surface area contributed by atoms with Gasteiger partial charge in [0.05, 0.1) is 17.7 Å². The largest absolute Gasteiger partial charge is 0.397 e. The number of amides is 1. The number of ether oxygens (including phenoxy) is 1. The second-order valence-corrected chi connectivity index (χ2v) is 11.1. The lowest BCUT2D eigenvalue weighted by atomic mass is 9.45. The van der Waals surface area contributed by atoms with Crippen LogP contribution in [0, 0.1) is 12.8 Å². The van der Waals surface area contributed by atoms with Crippen LogP contribution >= 0.6 is 0 Å². The number of alkyl halides is 3. The van der Waals surface area contributed by atoms with Gasteiger partial charge in [0, 0.05) is 18.0 Å². The second-order valence-electron chi connectivity index (χ2n) is 11.1. The highest BCUT2D eigenvalue weighted by Crippen LogP contribution is 2.64. The Hall–Kier alpha value is -1.60. The molecule has 4 bridgehead atoms. The molecule has 1 aromatic carbocycles. The van der Waals surface area contributed by atoms with E-state index in [1.165, 1.54) is 29.5 Å². The minimum Gasteiger partial charge on any atom is -0.370 e. The summed E-state index contributed by atoms with van der Waals surface area (Å²) in [6, 6.07) is 6.98. The lowest BCUT2D eigenvalue weighted by Crippen LogP contribution is -2.81. The van der Waals surface area contributed by atoms with E-state index in [1.807, 2.05) is 0 Å². The highest BCUT2D eigenvalue weighted by molar-refractivity contribution is 5.77. The van der Waals surface area contributed by atoms with E-state index in [0.29, 0.717) is 25.5 Å². The minimum atomic E-state index is -4.50. The SMILES string of the molecule is Cc1ccc2c(c1)[C@]13CCN(CC4CC4)[C@H](C2)[C@]12CCC(NC(=O)CC(F)(F)F)(CO2)C3. The fourth-order valence-electron chi connectivity index (χ4n) is 7.54. The molecule has 7 heteroatoms. The van der Waals surface area contributed by atoms with Crippen LogP contribution < -0.4 is 5.32 Å². The summed E-state index contributed by atoms with van der Waals surface area (Å²) in [5.74, 6) is -0.138. The Morgan fingerprint density at radius 2 is 2.06 bits per heavy atom. The first-order valence-electron chi connectivity index (χ1n) is 12.0. The second kappa shape index (κ2) is 6.72. The fraction of sp³-hybridized carbons (Fsp3) is 0.720. The predicted molar refractivity (Wildman–Crippen MR) is 113 cm³/mol. The molecule has 4 nitrogen and oxygen atoms in total. The third-order valence-electron chi connectivity index (χ3n) is 8.99. The van der Waals surface area contributed by atoms with E-state index in [9.17, 15) is 18.0 Å². The van der Waals surface area contributed by atoms with Crippen molar-refractivity contribution in [1.82, 2.24) is 10.2 Å². The molecular formula is C25H31F3N2O2. The summed E-state index contributed by atoms with van der Waals surface area (Å²) in [5.41, 5.74) is 2.58. The molecule has 2 saturated carbocycles. The molecule has 5 fully saturated rings. The average Bonchev–Trinajstić information content (AvgIpc) is 3.53. The Kier molecular flexibility index (Phi) is 4.40. The number of nitrogens with zero attached hydrogens (tertiary/aromatic N) is 1. The zero-order chi connectivity index (χ0) is 22.4. The van der Waals surface area contributed by atoms with Gasteiger partial charge in [0.2, 0.25) is 5.91 Å². The average molecular weight is 449 g/mol. The maximum Gasteiger partial charge on any atom is 0.397 e. The Morgan fingerprint density at radius 3 is 2.75 bits per heavy atom. The smallest absolute Gasteiger partial charge is 0.370 e. The van der Waals surface area contributed by atoms with Crippen LogP contribution in [0.4, 0.5) is 13.2 Å². The number of carbonyl (C=O) groups excluding carboxylic acids is 1.